The molecular weight excluding hydrogens is 345 g/mol. The Bertz CT molecular complexity index is 823. The molecular formula is C17H20FN3O3S. The normalized spacial score (nSPS) is 11.1. The highest BCUT2D eigenvalue weighted by Crippen LogP contribution is 2.09. The monoisotopic (exact) mass is 365 g/mol. The van der Waals surface area contributed by atoms with Crippen LogP contribution in [0.25, 0.3) is 0 Å². The number of hydrogen-bond donors (Lipinski definition) is 3. The van der Waals surface area contributed by atoms with Gasteiger partial charge in [0.1, 0.15) is 5.82 Å². The number of hydrogen-bond acceptors (Lipinski definition) is 4. The number of halogens is 1. The summed E-state index contributed by atoms with van der Waals surface area (Å²) in [5.41, 5.74) is 1.52. The molecule has 2 aromatic rings. The first-order chi connectivity index (χ1) is 11.8. The second-order valence-corrected chi connectivity index (χ2v) is 7.04. The van der Waals surface area contributed by atoms with E-state index in [9.17, 15) is 17.6 Å². The zero-order valence-corrected chi connectivity index (χ0v) is 14.4. The fourth-order valence-corrected chi connectivity index (χ4v) is 2.71. The summed E-state index contributed by atoms with van der Waals surface area (Å²) in [6.45, 7) is 0.839. The van der Waals surface area contributed by atoms with Gasteiger partial charge in [-0.2, -0.15) is 0 Å². The van der Waals surface area contributed by atoms with Crippen molar-refractivity contribution in [3.8, 4) is 0 Å². The van der Waals surface area contributed by atoms with E-state index in [4.69, 9.17) is 5.14 Å². The molecule has 0 radical (unpaired) electrons. The third-order valence-electron chi connectivity index (χ3n) is 3.49. The Morgan fingerprint density at radius 1 is 1.08 bits per heavy atom. The zero-order valence-electron chi connectivity index (χ0n) is 13.5. The average molecular weight is 365 g/mol. The van der Waals surface area contributed by atoms with E-state index in [0.717, 1.165) is 5.56 Å². The minimum Gasteiger partial charge on any atom is -0.384 e. The Kier molecular flexibility index (Phi) is 6.49. The molecule has 0 unspecified atom stereocenters. The second kappa shape index (κ2) is 8.59. The molecule has 0 bridgehead atoms. The molecule has 0 spiro atoms. The Morgan fingerprint density at radius 2 is 1.80 bits per heavy atom. The van der Waals surface area contributed by atoms with Gasteiger partial charge in [-0.25, -0.2) is 17.9 Å². The predicted octanol–water partition coefficient (Wildman–Crippen LogP) is 1.63. The summed E-state index contributed by atoms with van der Waals surface area (Å²) in [6.07, 6.45) is 0.842. The van der Waals surface area contributed by atoms with Crippen molar-refractivity contribution in [1.29, 1.82) is 0 Å². The Labute approximate surface area is 146 Å². The van der Waals surface area contributed by atoms with Crippen molar-refractivity contribution in [3.05, 3.63) is 59.9 Å². The first-order valence-corrected chi connectivity index (χ1v) is 9.27. The maximum atomic E-state index is 13.0. The van der Waals surface area contributed by atoms with Crippen molar-refractivity contribution in [1.82, 2.24) is 5.32 Å². The van der Waals surface area contributed by atoms with Crippen LogP contribution in [0, 0.1) is 5.82 Å². The third-order valence-corrected chi connectivity index (χ3v) is 4.42. The average Bonchev–Trinajstić information content (AvgIpc) is 2.54. The van der Waals surface area contributed by atoms with Crippen molar-refractivity contribution in [2.75, 3.05) is 18.4 Å². The standard InChI is InChI=1S/C17H20FN3O3S/c18-14-2-1-3-15(12-14)20-11-9-17(22)21-10-8-13-4-6-16(7-5-13)25(19,23)24/h1-7,12,20H,8-11H2,(H,21,22)(H2,19,23,24). The van der Waals surface area contributed by atoms with Gasteiger partial charge in [0.15, 0.2) is 0 Å². The smallest absolute Gasteiger partial charge is 0.238 e. The lowest BCUT2D eigenvalue weighted by Gasteiger charge is -2.08. The number of nitrogens with two attached hydrogens (primary N) is 1. The number of primary sulfonamides is 1. The molecule has 25 heavy (non-hydrogen) atoms. The van der Waals surface area contributed by atoms with Crippen LogP contribution in [0.2, 0.25) is 0 Å². The SMILES string of the molecule is NS(=O)(=O)c1ccc(CCNC(=O)CCNc2cccc(F)c2)cc1. The number of amides is 1. The maximum Gasteiger partial charge on any atom is 0.238 e. The number of carbonyl (C=O) groups excluding carboxylic acids is 1. The van der Waals surface area contributed by atoms with E-state index < -0.39 is 10.0 Å². The van der Waals surface area contributed by atoms with E-state index in [-0.39, 0.29) is 23.0 Å². The summed E-state index contributed by atoms with van der Waals surface area (Å²) < 4.78 is 35.3. The summed E-state index contributed by atoms with van der Waals surface area (Å²) >= 11 is 0. The Morgan fingerprint density at radius 3 is 2.44 bits per heavy atom. The molecule has 2 rings (SSSR count). The van der Waals surface area contributed by atoms with Crippen molar-refractivity contribution in [2.24, 2.45) is 5.14 Å². The molecule has 0 saturated carbocycles. The summed E-state index contributed by atoms with van der Waals surface area (Å²) in [5, 5.41) is 10.8. The molecule has 2 aromatic carbocycles. The van der Waals surface area contributed by atoms with Gasteiger partial charge in [0.05, 0.1) is 4.90 Å². The van der Waals surface area contributed by atoms with E-state index >= 15 is 0 Å². The molecule has 4 N–H and O–H groups in total. The molecule has 0 aromatic heterocycles. The zero-order chi connectivity index (χ0) is 18.3. The van der Waals surface area contributed by atoms with Crippen LogP contribution in [0.5, 0.6) is 0 Å². The van der Waals surface area contributed by atoms with Gasteiger partial charge in [-0.15, -0.1) is 0 Å². The van der Waals surface area contributed by atoms with E-state index in [0.29, 0.717) is 25.2 Å². The van der Waals surface area contributed by atoms with Crippen LogP contribution >= 0.6 is 0 Å². The molecule has 0 aliphatic carbocycles. The summed E-state index contributed by atoms with van der Waals surface area (Å²) in [5.74, 6) is -0.451. The highest BCUT2D eigenvalue weighted by molar-refractivity contribution is 7.89. The van der Waals surface area contributed by atoms with E-state index in [1.165, 1.54) is 24.3 Å². The lowest BCUT2D eigenvalue weighted by molar-refractivity contribution is -0.120. The summed E-state index contributed by atoms with van der Waals surface area (Å²) in [6, 6.07) is 12.3. The number of rotatable bonds is 8. The van der Waals surface area contributed by atoms with Crippen LogP contribution in [-0.4, -0.2) is 27.4 Å². The fourth-order valence-electron chi connectivity index (χ4n) is 2.20. The van der Waals surface area contributed by atoms with Crippen molar-refractivity contribution < 1.29 is 17.6 Å². The van der Waals surface area contributed by atoms with Crippen LogP contribution in [0.3, 0.4) is 0 Å². The molecule has 0 heterocycles. The van der Waals surface area contributed by atoms with Gasteiger partial charge in [-0.1, -0.05) is 18.2 Å². The summed E-state index contributed by atoms with van der Waals surface area (Å²) in [7, 11) is -3.69. The molecule has 0 fully saturated rings. The number of benzene rings is 2. The largest absolute Gasteiger partial charge is 0.384 e. The van der Waals surface area contributed by atoms with E-state index in [2.05, 4.69) is 10.6 Å². The molecule has 6 nitrogen and oxygen atoms in total. The Hall–Kier alpha value is -2.45. The quantitative estimate of drug-likeness (QED) is 0.662. The van der Waals surface area contributed by atoms with Crippen LogP contribution in [0.4, 0.5) is 10.1 Å². The van der Waals surface area contributed by atoms with Crippen molar-refractivity contribution >= 4 is 21.6 Å². The molecule has 134 valence electrons. The topological polar surface area (TPSA) is 101 Å². The van der Waals surface area contributed by atoms with Crippen LogP contribution in [0.15, 0.2) is 53.4 Å². The molecule has 0 aliphatic heterocycles. The molecule has 0 aliphatic rings. The van der Waals surface area contributed by atoms with Crippen LogP contribution < -0.4 is 15.8 Å². The molecule has 1 amide bonds. The van der Waals surface area contributed by atoms with Gasteiger partial charge in [-0.05, 0) is 42.3 Å². The number of nitrogens with one attached hydrogen (secondary N) is 2. The number of carbonyl (C=O) groups is 1. The first-order valence-electron chi connectivity index (χ1n) is 7.72. The third kappa shape index (κ3) is 6.52. The number of sulfonamides is 1. The van der Waals surface area contributed by atoms with Crippen molar-refractivity contribution in [3.63, 3.8) is 0 Å². The lowest BCUT2D eigenvalue weighted by Crippen LogP contribution is -2.27. The molecule has 0 atom stereocenters. The molecule has 8 heteroatoms. The van der Waals surface area contributed by atoms with Gasteiger partial charge in [0.25, 0.3) is 0 Å². The van der Waals surface area contributed by atoms with Gasteiger partial charge < -0.3 is 10.6 Å². The van der Waals surface area contributed by atoms with Gasteiger partial charge in [-0.3, -0.25) is 4.79 Å². The summed E-state index contributed by atoms with van der Waals surface area (Å²) in [4.78, 5) is 11.8. The highest BCUT2D eigenvalue weighted by Gasteiger charge is 2.07. The van der Waals surface area contributed by atoms with Crippen molar-refractivity contribution in [2.45, 2.75) is 17.7 Å². The number of anilines is 1. The highest BCUT2D eigenvalue weighted by atomic mass is 32.2. The van der Waals surface area contributed by atoms with E-state index in [1.807, 2.05) is 0 Å². The van der Waals surface area contributed by atoms with Gasteiger partial charge >= 0.3 is 0 Å². The first kappa shape index (κ1) is 18.9. The van der Waals surface area contributed by atoms with E-state index in [1.54, 1.807) is 24.3 Å². The fraction of sp³-hybridized carbons (Fsp3) is 0.235. The Balaban J connectivity index is 1.68. The van der Waals surface area contributed by atoms with Crippen LogP contribution in [0.1, 0.15) is 12.0 Å². The lowest BCUT2D eigenvalue weighted by atomic mass is 10.1. The van der Waals surface area contributed by atoms with Crippen LogP contribution in [-0.2, 0) is 21.2 Å². The van der Waals surface area contributed by atoms with Gasteiger partial charge in [0, 0.05) is 25.2 Å². The van der Waals surface area contributed by atoms with Gasteiger partial charge in [0.2, 0.25) is 15.9 Å². The minimum absolute atomic E-state index is 0.0590. The minimum atomic E-state index is -3.69. The predicted molar refractivity (Wildman–Crippen MR) is 94.0 cm³/mol. The second-order valence-electron chi connectivity index (χ2n) is 5.48. The molecule has 0 saturated heterocycles. The maximum absolute atomic E-state index is 13.0.